The number of hydrogen-bond donors (Lipinski definition) is 0. The molecule has 0 radical (unpaired) electrons. The van der Waals surface area contributed by atoms with Gasteiger partial charge < -0.3 is 4.90 Å². The maximum Gasteiger partial charge on any atom is 0.151 e. The summed E-state index contributed by atoms with van der Waals surface area (Å²) < 4.78 is 0. The van der Waals surface area contributed by atoms with Crippen LogP contribution >= 0.6 is 0 Å². The van der Waals surface area contributed by atoms with Gasteiger partial charge in [0.2, 0.25) is 0 Å². The highest BCUT2D eigenvalue weighted by Gasteiger charge is 2.26. The summed E-state index contributed by atoms with van der Waals surface area (Å²) in [6, 6.07) is 13.1. The first-order chi connectivity index (χ1) is 14.3. The molecule has 2 aromatic rings. The van der Waals surface area contributed by atoms with Crippen LogP contribution in [0.1, 0.15) is 37.7 Å². The monoisotopic (exact) mass is 391 g/mol. The van der Waals surface area contributed by atoms with Gasteiger partial charge in [0, 0.05) is 44.8 Å². The summed E-state index contributed by atoms with van der Waals surface area (Å²) in [5.74, 6) is 1.99. The molecular formula is C24H33N5. The molecule has 1 aliphatic carbocycles. The van der Waals surface area contributed by atoms with Crippen LogP contribution in [-0.2, 0) is 6.54 Å². The van der Waals surface area contributed by atoms with Crippen molar-refractivity contribution in [2.45, 2.75) is 38.6 Å². The third-order valence-electron chi connectivity index (χ3n) is 6.66. The number of piperazine rings is 1. The number of likely N-dealkylation sites (tertiary alicyclic amines) is 1. The van der Waals surface area contributed by atoms with Crippen molar-refractivity contribution in [3.8, 4) is 11.3 Å². The van der Waals surface area contributed by atoms with E-state index in [9.17, 15) is 0 Å². The Morgan fingerprint density at radius 3 is 2.14 bits per heavy atom. The second kappa shape index (κ2) is 8.80. The van der Waals surface area contributed by atoms with E-state index in [1.54, 1.807) is 0 Å². The van der Waals surface area contributed by atoms with Gasteiger partial charge in [0.1, 0.15) is 0 Å². The minimum Gasteiger partial charge on any atom is -0.353 e. The average Bonchev–Trinajstić information content (AvgIpc) is 3.60. The van der Waals surface area contributed by atoms with E-state index in [2.05, 4.69) is 61.3 Å². The molecule has 1 aromatic carbocycles. The van der Waals surface area contributed by atoms with Crippen molar-refractivity contribution in [2.75, 3.05) is 50.7 Å². The molecule has 2 aliphatic heterocycles. The quantitative estimate of drug-likeness (QED) is 0.751. The van der Waals surface area contributed by atoms with Gasteiger partial charge in [-0.2, -0.15) is 0 Å². The van der Waals surface area contributed by atoms with Gasteiger partial charge in [0.25, 0.3) is 0 Å². The van der Waals surface area contributed by atoms with Crippen LogP contribution in [0.15, 0.2) is 36.4 Å². The van der Waals surface area contributed by atoms with Crippen LogP contribution in [0.3, 0.4) is 0 Å². The standard InChI is InChI=1S/C24H33N5/c1-2-12-27(13-3-1)18-21-6-8-22(9-7-21)23-10-11-24(26-25-23)29-16-14-28(15-17-29)19-20-4-5-20/h6-11,20H,1-5,12-19H2. The molecule has 1 saturated carbocycles. The number of hydrogen-bond acceptors (Lipinski definition) is 5. The minimum absolute atomic E-state index is 0.964. The lowest BCUT2D eigenvalue weighted by Gasteiger charge is -2.35. The van der Waals surface area contributed by atoms with E-state index in [0.717, 1.165) is 55.7 Å². The van der Waals surface area contributed by atoms with Gasteiger partial charge in [-0.25, -0.2) is 0 Å². The fourth-order valence-corrected chi connectivity index (χ4v) is 4.63. The average molecular weight is 392 g/mol. The maximum absolute atomic E-state index is 4.54. The summed E-state index contributed by atoms with van der Waals surface area (Å²) in [6.45, 7) is 9.27. The Hall–Kier alpha value is -1.98. The number of piperidine rings is 1. The van der Waals surface area contributed by atoms with Crippen molar-refractivity contribution < 1.29 is 0 Å². The Morgan fingerprint density at radius 2 is 1.48 bits per heavy atom. The summed E-state index contributed by atoms with van der Waals surface area (Å²) in [6.07, 6.45) is 6.95. The minimum atomic E-state index is 0.964. The molecule has 3 aliphatic rings. The zero-order valence-corrected chi connectivity index (χ0v) is 17.5. The van der Waals surface area contributed by atoms with Crippen LogP contribution in [0.4, 0.5) is 5.82 Å². The normalized spacial score (nSPS) is 21.4. The van der Waals surface area contributed by atoms with E-state index in [4.69, 9.17) is 0 Å². The zero-order chi connectivity index (χ0) is 19.5. The Bertz CT molecular complexity index is 770. The summed E-state index contributed by atoms with van der Waals surface area (Å²) >= 11 is 0. The van der Waals surface area contributed by atoms with Crippen LogP contribution in [0.25, 0.3) is 11.3 Å². The van der Waals surface area contributed by atoms with Crippen LogP contribution in [0.2, 0.25) is 0 Å². The Balaban J connectivity index is 1.16. The van der Waals surface area contributed by atoms with Gasteiger partial charge in [-0.15, -0.1) is 10.2 Å². The highest BCUT2D eigenvalue weighted by molar-refractivity contribution is 5.60. The smallest absolute Gasteiger partial charge is 0.151 e. The number of rotatable bonds is 6. The van der Waals surface area contributed by atoms with E-state index < -0.39 is 0 Å². The first-order valence-corrected chi connectivity index (χ1v) is 11.5. The molecule has 5 heteroatoms. The molecule has 29 heavy (non-hydrogen) atoms. The molecule has 5 rings (SSSR count). The van der Waals surface area contributed by atoms with Gasteiger partial charge >= 0.3 is 0 Å². The number of benzene rings is 1. The molecule has 0 atom stereocenters. The van der Waals surface area contributed by atoms with Gasteiger partial charge in [0.15, 0.2) is 5.82 Å². The molecule has 0 amide bonds. The highest BCUT2D eigenvalue weighted by Crippen LogP contribution is 2.30. The molecule has 3 heterocycles. The van der Waals surface area contributed by atoms with E-state index >= 15 is 0 Å². The second-order valence-corrected chi connectivity index (χ2v) is 9.04. The first kappa shape index (κ1) is 19.0. The predicted octanol–water partition coefficient (Wildman–Crippen LogP) is 3.66. The van der Waals surface area contributed by atoms with Crippen LogP contribution in [0.5, 0.6) is 0 Å². The van der Waals surface area contributed by atoms with E-state index in [-0.39, 0.29) is 0 Å². The highest BCUT2D eigenvalue weighted by atomic mass is 15.3. The van der Waals surface area contributed by atoms with Crippen molar-refractivity contribution >= 4 is 5.82 Å². The third kappa shape index (κ3) is 4.96. The topological polar surface area (TPSA) is 35.5 Å². The van der Waals surface area contributed by atoms with Gasteiger partial charge in [-0.3, -0.25) is 9.80 Å². The number of anilines is 1. The Labute approximate surface area is 174 Å². The number of nitrogens with zero attached hydrogens (tertiary/aromatic N) is 5. The van der Waals surface area contributed by atoms with Crippen molar-refractivity contribution in [1.82, 2.24) is 20.0 Å². The van der Waals surface area contributed by atoms with E-state index in [1.165, 1.54) is 57.3 Å². The van der Waals surface area contributed by atoms with Crippen molar-refractivity contribution in [1.29, 1.82) is 0 Å². The molecule has 2 saturated heterocycles. The molecule has 0 bridgehead atoms. The van der Waals surface area contributed by atoms with Crippen molar-refractivity contribution in [3.05, 3.63) is 42.0 Å². The molecule has 5 nitrogen and oxygen atoms in total. The first-order valence-electron chi connectivity index (χ1n) is 11.5. The molecule has 1 aromatic heterocycles. The Kier molecular flexibility index (Phi) is 5.77. The lowest BCUT2D eigenvalue weighted by molar-refractivity contribution is 0.221. The molecule has 154 valence electrons. The summed E-state index contributed by atoms with van der Waals surface area (Å²) in [4.78, 5) is 7.56. The second-order valence-electron chi connectivity index (χ2n) is 9.04. The van der Waals surface area contributed by atoms with E-state index in [1.807, 2.05) is 0 Å². The van der Waals surface area contributed by atoms with Gasteiger partial charge in [-0.05, 0) is 62.4 Å². The molecule has 0 spiro atoms. The molecule has 0 N–H and O–H groups in total. The third-order valence-corrected chi connectivity index (χ3v) is 6.66. The van der Waals surface area contributed by atoms with Crippen LogP contribution in [-0.4, -0.2) is 65.8 Å². The lowest BCUT2D eigenvalue weighted by Crippen LogP contribution is -2.47. The van der Waals surface area contributed by atoms with Gasteiger partial charge in [0.05, 0.1) is 5.69 Å². The maximum atomic E-state index is 4.54. The largest absolute Gasteiger partial charge is 0.353 e. The SMILES string of the molecule is c1cc(-c2ccc(N3CCN(CC4CC4)CC3)nn2)ccc1CN1CCCCC1. The van der Waals surface area contributed by atoms with Crippen molar-refractivity contribution in [2.24, 2.45) is 5.92 Å². The summed E-state index contributed by atoms with van der Waals surface area (Å²) in [7, 11) is 0. The van der Waals surface area contributed by atoms with Crippen LogP contribution in [0, 0.1) is 5.92 Å². The fourth-order valence-electron chi connectivity index (χ4n) is 4.63. The number of aromatic nitrogens is 2. The summed E-state index contributed by atoms with van der Waals surface area (Å²) in [5, 5.41) is 9.07. The fraction of sp³-hybridized carbons (Fsp3) is 0.583. The van der Waals surface area contributed by atoms with E-state index in [0.29, 0.717) is 0 Å². The summed E-state index contributed by atoms with van der Waals surface area (Å²) in [5.41, 5.74) is 3.51. The Morgan fingerprint density at radius 1 is 0.724 bits per heavy atom. The molecule has 0 unspecified atom stereocenters. The zero-order valence-electron chi connectivity index (χ0n) is 17.5. The van der Waals surface area contributed by atoms with Gasteiger partial charge in [-0.1, -0.05) is 30.7 Å². The van der Waals surface area contributed by atoms with Crippen molar-refractivity contribution in [3.63, 3.8) is 0 Å². The molecular weight excluding hydrogens is 358 g/mol. The molecule has 3 fully saturated rings. The van der Waals surface area contributed by atoms with Crippen LogP contribution < -0.4 is 4.90 Å². The lowest BCUT2D eigenvalue weighted by atomic mass is 10.1. The predicted molar refractivity (Wildman–Crippen MR) is 118 cm³/mol.